The molecule has 2 rings (SSSR count). The summed E-state index contributed by atoms with van der Waals surface area (Å²) in [6, 6.07) is 10.1. The summed E-state index contributed by atoms with van der Waals surface area (Å²) in [5.74, 6) is -0.239. The van der Waals surface area contributed by atoms with Crippen LogP contribution < -0.4 is 10.1 Å². The second kappa shape index (κ2) is 9.65. The Morgan fingerprint density at radius 3 is 2.38 bits per heavy atom. The molecule has 29 heavy (non-hydrogen) atoms. The average molecular weight is 429 g/mol. The van der Waals surface area contributed by atoms with E-state index in [1.807, 2.05) is 6.92 Å². The fourth-order valence-electron chi connectivity index (χ4n) is 2.50. The highest BCUT2D eigenvalue weighted by Gasteiger charge is 2.33. The van der Waals surface area contributed by atoms with E-state index in [1.54, 1.807) is 24.3 Å². The van der Waals surface area contributed by atoms with Crippen LogP contribution in [-0.2, 0) is 22.2 Å². The monoisotopic (exact) mass is 428 g/mol. The van der Waals surface area contributed by atoms with Gasteiger partial charge in [-0.05, 0) is 42.8 Å². The van der Waals surface area contributed by atoms with E-state index < -0.39 is 22.7 Å². The van der Waals surface area contributed by atoms with E-state index in [9.17, 15) is 22.8 Å². The highest BCUT2D eigenvalue weighted by atomic mass is 35.5. The third kappa shape index (κ3) is 6.67. The van der Waals surface area contributed by atoms with Crippen LogP contribution in [0.1, 0.15) is 18.1 Å². The first kappa shape index (κ1) is 22.5. The van der Waals surface area contributed by atoms with Gasteiger partial charge in [-0.1, -0.05) is 23.7 Å². The largest absolute Gasteiger partial charge is 0.494 e. The number of hydrogen-bond acceptors (Lipinski definition) is 3. The van der Waals surface area contributed by atoms with Crippen LogP contribution in [0.3, 0.4) is 0 Å². The van der Waals surface area contributed by atoms with Crippen molar-refractivity contribution in [1.82, 2.24) is 4.90 Å². The van der Waals surface area contributed by atoms with E-state index >= 15 is 0 Å². The van der Waals surface area contributed by atoms with Crippen molar-refractivity contribution in [2.45, 2.75) is 19.5 Å². The van der Waals surface area contributed by atoms with Crippen LogP contribution in [0.5, 0.6) is 5.75 Å². The van der Waals surface area contributed by atoms with Crippen LogP contribution in [-0.4, -0.2) is 36.9 Å². The summed E-state index contributed by atoms with van der Waals surface area (Å²) >= 11 is 5.55. The van der Waals surface area contributed by atoms with Crippen molar-refractivity contribution in [2.75, 3.05) is 25.5 Å². The summed E-state index contributed by atoms with van der Waals surface area (Å²) in [4.78, 5) is 25.6. The molecular formula is C20H20ClF3N2O3. The van der Waals surface area contributed by atoms with E-state index in [1.165, 1.54) is 18.0 Å². The molecule has 0 aliphatic carbocycles. The summed E-state index contributed by atoms with van der Waals surface area (Å²) in [7, 11) is 1.44. The van der Waals surface area contributed by atoms with E-state index in [4.69, 9.17) is 16.3 Å². The van der Waals surface area contributed by atoms with Gasteiger partial charge in [-0.25, -0.2) is 0 Å². The van der Waals surface area contributed by atoms with Crippen molar-refractivity contribution in [3.8, 4) is 5.75 Å². The molecule has 156 valence electrons. The lowest BCUT2D eigenvalue weighted by molar-refractivity contribution is -0.137. The first-order valence-corrected chi connectivity index (χ1v) is 9.10. The van der Waals surface area contributed by atoms with Gasteiger partial charge in [0.2, 0.25) is 11.8 Å². The predicted octanol–water partition coefficient (Wildman–Crippen LogP) is 4.40. The molecule has 0 aliphatic rings. The van der Waals surface area contributed by atoms with E-state index in [-0.39, 0.29) is 24.6 Å². The Bertz CT molecular complexity index is 870. The Morgan fingerprint density at radius 2 is 1.79 bits per heavy atom. The molecule has 0 aliphatic heterocycles. The summed E-state index contributed by atoms with van der Waals surface area (Å²) in [5.41, 5.74) is -0.353. The lowest BCUT2D eigenvalue weighted by Crippen LogP contribution is -2.35. The number of benzene rings is 2. The number of carbonyl (C=O) groups excluding carboxylic acids is 2. The lowest BCUT2D eigenvalue weighted by Gasteiger charge is -2.17. The maximum Gasteiger partial charge on any atom is 0.417 e. The SMILES string of the molecule is CCOc1ccc(CC(=O)N(C)CC(=O)Nc2ccc(Cl)c(C(F)(F)F)c2)cc1. The van der Waals surface area contributed by atoms with Gasteiger partial charge in [0.1, 0.15) is 5.75 Å². The Morgan fingerprint density at radius 1 is 1.14 bits per heavy atom. The van der Waals surface area contributed by atoms with E-state index in [0.29, 0.717) is 12.4 Å². The van der Waals surface area contributed by atoms with Gasteiger partial charge < -0.3 is 15.0 Å². The topological polar surface area (TPSA) is 58.6 Å². The molecule has 0 radical (unpaired) electrons. The maximum absolute atomic E-state index is 12.9. The standard InChI is InChI=1S/C20H20ClF3N2O3/c1-3-29-15-7-4-13(5-8-15)10-19(28)26(2)12-18(27)25-14-6-9-17(21)16(11-14)20(22,23)24/h4-9,11H,3,10,12H2,1-2H3,(H,25,27). The molecule has 5 nitrogen and oxygen atoms in total. The highest BCUT2D eigenvalue weighted by Crippen LogP contribution is 2.36. The second-order valence-electron chi connectivity index (χ2n) is 6.24. The summed E-state index contributed by atoms with van der Waals surface area (Å²) < 4.78 is 44.0. The minimum absolute atomic E-state index is 0.0564. The Kier molecular flexibility index (Phi) is 7.50. The zero-order valence-corrected chi connectivity index (χ0v) is 16.6. The normalized spacial score (nSPS) is 11.1. The molecule has 9 heteroatoms. The van der Waals surface area contributed by atoms with Crippen molar-refractivity contribution >= 4 is 29.1 Å². The summed E-state index contributed by atoms with van der Waals surface area (Å²) in [6.07, 6.45) is -4.56. The number of carbonyl (C=O) groups is 2. The van der Waals surface area contributed by atoms with Gasteiger partial charge in [0, 0.05) is 12.7 Å². The maximum atomic E-state index is 12.9. The Balaban J connectivity index is 1.93. The fourth-order valence-corrected chi connectivity index (χ4v) is 2.73. The number of rotatable bonds is 7. The highest BCUT2D eigenvalue weighted by molar-refractivity contribution is 6.31. The van der Waals surface area contributed by atoms with Gasteiger partial charge in [0.25, 0.3) is 0 Å². The van der Waals surface area contributed by atoms with Gasteiger partial charge in [0.15, 0.2) is 0 Å². The number of likely N-dealkylation sites (N-methyl/N-ethyl adjacent to an activating group) is 1. The minimum Gasteiger partial charge on any atom is -0.494 e. The molecule has 0 aromatic heterocycles. The van der Waals surface area contributed by atoms with Crippen molar-refractivity contribution in [2.24, 2.45) is 0 Å². The molecule has 0 spiro atoms. The molecule has 0 atom stereocenters. The van der Waals surface area contributed by atoms with Gasteiger partial charge in [0.05, 0.1) is 30.2 Å². The number of alkyl halides is 3. The van der Waals surface area contributed by atoms with Crippen molar-refractivity contribution in [3.63, 3.8) is 0 Å². The number of nitrogens with zero attached hydrogens (tertiary/aromatic N) is 1. The van der Waals surface area contributed by atoms with Crippen LogP contribution >= 0.6 is 11.6 Å². The van der Waals surface area contributed by atoms with Gasteiger partial charge in [-0.2, -0.15) is 13.2 Å². The average Bonchev–Trinajstić information content (AvgIpc) is 2.64. The van der Waals surface area contributed by atoms with E-state index in [0.717, 1.165) is 17.7 Å². The molecule has 2 aromatic carbocycles. The summed E-state index contributed by atoms with van der Waals surface area (Å²) in [5, 5.41) is 1.88. The summed E-state index contributed by atoms with van der Waals surface area (Å²) in [6.45, 7) is 2.10. The van der Waals surface area contributed by atoms with Crippen LogP contribution in [0.25, 0.3) is 0 Å². The Labute approximate surface area is 171 Å². The molecule has 0 heterocycles. The third-order valence-corrected chi connectivity index (χ3v) is 4.28. The molecule has 1 N–H and O–H groups in total. The van der Waals surface area contributed by atoms with Gasteiger partial charge in [-0.3, -0.25) is 9.59 Å². The van der Waals surface area contributed by atoms with Crippen LogP contribution in [0, 0.1) is 0 Å². The lowest BCUT2D eigenvalue weighted by atomic mass is 10.1. The third-order valence-electron chi connectivity index (χ3n) is 3.95. The van der Waals surface area contributed by atoms with Crippen LogP contribution in [0.2, 0.25) is 5.02 Å². The molecule has 0 saturated heterocycles. The number of amides is 2. The van der Waals surface area contributed by atoms with Crippen molar-refractivity contribution < 1.29 is 27.5 Å². The van der Waals surface area contributed by atoms with Crippen molar-refractivity contribution in [3.05, 3.63) is 58.6 Å². The zero-order chi connectivity index (χ0) is 21.6. The second-order valence-corrected chi connectivity index (χ2v) is 6.65. The Hall–Kier alpha value is -2.74. The van der Waals surface area contributed by atoms with Crippen LogP contribution in [0.4, 0.5) is 18.9 Å². The number of halogens is 4. The quantitative estimate of drug-likeness (QED) is 0.711. The molecule has 2 aromatic rings. The molecule has 0 fully saturated rings. The number of anilines is 1. The molecular weight excluding hydrogens is 409 g/mol. The van der Waals surface area contributed by atoms with Gasteiger partial charge in [-0.15, -0.1) is 0 Å². The molecule has 0 saturated carbocycles. The minimum atomic E-state index is -4.64. The fraction of sp³-hybridized carbons (Fsp3) is 0.300. The molecule has 0 bridgehead atoms. The molecule has 2 amide bonds. The van der Waals surface area contributed by atoms with Crippen molar-refractivity contribution in [1.29, 1.82) is 0 Å². The zero-order valence-electron chi connectivity index (χ0n) is 15.8. The van der Waals surface area contributed by atoms with Crippen LogP contribution in [0.15, 0.2) is 42.5 Å². The predicted molar refractivity (Wildman–Crippen MR) is 104 cm³/mol. The van der Waals surface area contributed by atoms with E-state index in [2.05, 4.69) is 5.32 Å². The number of hydrogen-bond donors (Lipinski definition) is 1. The first-order chi connectivity index (χ1) is 13.6. The number of ether oxygens (including phenoxy) is 1. The smallest absolute Gasteiger partial charge is 0.417 e. The van der Waals surface area contributed by atoms with Gasteiger partial charge >= 0.3 is 6.18 Å². The first-order valence-electron chi connectivity index (χ1n) is 8.72. The molecule has 0 unspecified atom stereocenters. The number of nitrogens with one attached hydrogen (secondary N) is 1.